The first-order valence-electron chi connectivity index (χ1n) is 5.34. The molecule has 5 nitrogen and oxygen atoms in total. The summed E-state index contributed by atoms with van der Waals surface area (Å²) in [6.45, 7) is 1.83. The summed E-state index contributed by atoms with van der Waals surface area (Å²) in [4.78, 5) is 10.8. The molecule has 0 saturated heterocycles. The van der Waals surface area contributed by atoms with Crippen LogP contribution in [0.2, 0.25) is 0 Å². The molecule has 1 N–H and O–H groups in total. The van der Waals surface area contributed by atoms with Gasteiger partial charge in [0.15, 0.2) is 11.6 Å². The Balaban J connectivity index is 2.11. The van der Waals surface area contributed by atoms with E-state index in [9.17, 15) is 8.78 Å². The number of imidazole rings is 1. The lowest BCUT2D eigenvalue weighted by Gasteiger charge is -2.06. The van der Waals surface area contributed by atoms with Gasteiger partial charge in [-0.1, -0.05) is 0 Å². The summed E-state index contributed by atoms with van der Waals surface area (Å²) in [7, 11) is 0. The molecule has 1 unspecified atom stereocenters. The molecule has 0 bridgehead atoms. The number of fused-ring (bicyclic) bond motifs is 1. The van der Waals surface area contributed by atoms with E-state index in [4.69, 9.17) is 0 Å². The number of nitrogens with one attached hydrogen (secondary N) is 1. The number of benzene rings is 1. The quantitative estimate of drug-likeness (QED) is 0.756. The minimum atomic E-state index is -0.944. The predicted molar refractivity (Wildman–Crippen MR) is 59.8 cm³/mol. The van der Waals surface area contributed by atoms with Crippen molar-refractivity contribution in [2.24, 2.45) is 0 Å². The highest BCUT2D eigenvalue weighted by atomic mass is 19.2. The zero-order valence-electron chi connectivity index (χ0n) is 9.43. The molecule has 0 aliphatic carbocycles. The number of aromatic nitrogens is 5. The van der Waals surface area contributed by atoms with Crippen LogP contribution in [0.4, 0.5) is 8.78 Å². The Bertz CT molecular complexity index is 689. The zero-order valence-corrected chi connectivity index (χ0v) is 9.43. The molecule has 0 radical (unpaired) electrons. The lowest BCUT2D eigenvalue weighted by atomic mass is 10.3. The van der Waals surface area contributed by atoms with Crippen LogP contribution in [0.25, 0.3) is 11.0 Å². The third-order valence-corrected chi connectivity index (χ3v) is 2.79. The summed E-state index contributed by atoms with van der Waals surface area (Å²) in [6.07, 6.45) is 2.94. The van der Waals surface area contributed by atoms with Crippen molar-refractivity contribution in [3.63, 3.8) is 0 Å². The number of aromatic amines is 1. The van der Waals surface area contributed by atoms with Gasteiger partial charge in [0.2, 0.25) is 0 Å². The summed E-state index contributed by atoms with van der Waals surface area (Å²) in [5.74, 6) is -1.35. The highest BCUT2D eigenvalue weighted by Gasteiger charge is 2.16. The van der Waals surface area contributed by atoms with Gasteiger partial charge >= 0.3 is 0 Å². The maximum Gasteiger partial charge on any atom is 0.186 e. The normalized spacial score (nSPS) is 13.1. The van der Waals surface area contributed by atoms with Crippen LogP contribution in [0.15, 0.2) is 24.8 Å². The van der Waals surface area contributed by atoms with Gasteiger partial charge in [0.05, 0.1) is 5.52 Å². The van der Waals surface area contributed by atoms with Crippen molar-refractivity contribution >= 4 is 11.0 Å². The van der Waals surface area contributed by atoms with Crippen LogP contribution in [-0.4, -0.2) is 24.7 Å². The second-order valence-corrected chi connectivity index (χ2v) is 3.93. The lowest BCUT2D eigenvalue weighted by Crippen LogP contribution is -2.08. The Morgan fingerprint density at radius 2 is 2.17 bits per heavy atom. The number of hydrogen-bond acceptors (Lipinski definition) is 3. The maximum absolute atomic E-state index is 13.5. The fourth-order valence-electron chi connectivity index (χ4n) is 1.78. The molecule has 92 valence electrons. The molecule has 3 rings (SSSR count). The van der Waals surface area contributed by atoms with E-state index in [-0.39, 0.29) is 11.6 Å². The number of H-pyrrole nitrogens is 1. The second-order valence-electron chi connectivity index (χ2n) is 3.93. The van der Waals surface area contributed by atoms with Gasteiger partial charge in [0, 0.05) is 0 Å². The van der Waals surface area contributed by atoms with Gasteiger partial charge in [-0.2, -0.15) is 5.10 Å². The van der Waals surface area contributed by atoms with Gasteiger partial charge in [0.25, 0.3) is 0 Å². The third kappa shape index (κ3) is 1.55. The molecule has 1 aromatic carbocycles. The van der Waals surface area contributed by atoms with Gasteiger partial charge in [-0.25, -0.2) is 23.4 Å². The molecule has 0 aliphatic heterocycles. The summed E-state index contributed by atoms with van der Waals surface area (Å²) in [5.41, 5.74) is 0.452. The average molecular weight is 249 g/mol. The summed E-state index contributed by atoms with van der Waals surface area (Å²) >= 11 is 0. The van der Waals surface area contributed by atoms with Gasteiger partial charge in [0.1, 0.15) is 30.0 Å². The summed E-state index contributed by atoms with van der Waals surface area (Å²) in [6, 6.07) is 2.29. The van der Waals surface area contributed by atoms with Crippen LogP contribution >= 0.6 is 0 Å². The van der Waals surface area contributed by atoms with Crippen LogP contribution in [0, 0.1) is 11.6 Å². The number of rotatable bonds is 2. The minimum absolute atomic E-state index is 0.00281. The number of hydrogen-bond donors (Lipinski definition) is 1. The largest absolute Gasteiger partial charge is 0.340 e. The molecular weight excluding hydrogens is 240 g/mol. The van der Waals surface area contributed by atoms with Crippen LogP contribution < -0.4 is 0 Å². The zero-order chi connectivity index (χ0) is 12.7. The molecule has 7 heteroatoms. The highest BCUT2D eigenvalue weighted by molar-refractivity contribution is 5.75. The van der Waals surface area contributed by atoms with E-state index in [1.165, 1.54) is 18.7 Å². The smallest absolute Gasteiger partial charge is 0.186 e. The summed E-state index contributed by atoms with van der Waals surface area (Å²) in [5, 5.41) is 3.98. The van der Waals surface area contributed by atoms with E-state index in [0.29, 0.717) is 11.3 Å². The minimum Gasteiger partial charge on any atom is -0.340 e. The molecule has 2 aromatic heterocycles. The first-order chi connectivity index (χ1) is 8.66. The predicted octanol–water partition coefficient (Wildman–Crippen LogP) is 2.04. The summed E-state index contributed by atoms with van der Waals surface area (Å²) < 4.78 is 28.2. The van der Waals surface area contributed by atoms with Gasteiger partial charge < -0.3 is 4.98 Å². The van der Waals surface area contributed by atoms with Crippen molar-refractivity contribution < 1.29 is 8.78 Å². The van der Waals surface area contributed by atoms with Crippen molar-refractivity contribution in [1.29, 1.82) is 0 Å². The fourth-order valence-corrected chi connectivity index (χ4v) is 1.78. The Morgan fingerprint density at radius 1 is 1.33 bits per heavy atom. The fraction of sp³-hybridized carbons (Fsp3) is 0.182. The SMILES string of the molecule is CC(c1nc2c(F)c(F)ccc2[nH]1)n1cncn1. The van der Waals surface area contributed by atoms with E-state index >= 15 is 0 Å². The molecule has 0 saturated carbocycles. The topological polar surface area (TPSA) is 59.4 Å². The highest BCUT2D eigenvalue weighted by Crippen LogP contribution is 2.21. The van der Waals surface area contributed by atoms with Gasteiger partial charge in [-0.05, 0) is 19.1 Å². The Morgan fingerprint density at radius 3 is 2.89 bits per heavy atom. The Labute approximate surface area is 100 Å². The van der Waals surface area contributed by atoms with Crippen LogP contribution in [0.3, 0.4) is 0 Å². The third-order valence-electron chi connectivity index (χ3n) is 2.79. The number of halogens is 2. The molecule has 0 spiro atoms. The molecule has 1 atom stereocenters. The van der Waals surface area contributed by atoms with E-state index in [1.54, 1.807) is 4.68 Å². The van der Waals surface area contributed by atoms with E-state index < -0.39 is 11.6 Å². The van der Waals surface area contributed by atoms with E-state index in [0.717, 1.165) is 6.07 Å². The number of nitrogens with zero attached hydrogens (tertiary/aromatic N) is 4. The Hall–Kier alpha value is -2.31. The average Bonchev–Trinajstić information content (AvgIpc) is 3.01. The van der Waals surface area contributed by atoms with Crippen molar-refractivity contribution in [1.82, 2.24) is 24.7 Å². The van der Waals surface area contributed by atoms with Crippen LogP contribution in [-0.2, 0) is 0 Å². The Kier molecular flexibility index (Phi) is 2.32. The molecular formula is C11H9F2N5. The molecule has 0 aliphatic rings. The van der Waals surface area contributed by atoms with Crippen molar-refractivity contribution in [2.75, 3.05) is 0 Å². The molecule has 0 fully saturated rings. The second kappa shape index (κ2) is 3.86. The lowest BCUT2D eigenvalue weighted by molar-refractivity contribution is 0.514. The van der Waals surface area contributed by atoms with Gasteiger partial charge in [-0.15, -0.1) is 0 Å². The van der Waals surface area contributed by atoms with Gasteiger partial charge in [-0.3, -0.25) is 0 Å². The van der Waals surface area contributed by atoms with Crippen molar-refractivity contribution in [2.45, 2.75) is 13.0 Å². The van der Waals surface area contributed by atoms with Crippen LogP contribution in [0.1, 0.15) is 18.8 Å². The van der Waals surface area contributed by atoms with Crippen LogP contribution in [0.5, 0.6) is 0 Å². The molecule has 0 amide bonds. The monoisotopic (exact) mass is 249 g/mol. The molecule has 2 heterocycles. The van der Waals surface area contributed by atoms with Crippen molar-refractivity contribution in [3.05, 3.63) is 42.2 Å². The van der Waals surface area contributed by atoms with Crippen molar-refractivity contribution in [3.8, 4) is 0 Å². The molecule has 18 heavy (non-hydrogen) atoms. The van der Waals surface area contributed by atoms with E-state index in [1.807, 2.05) is 6.92 Å². The first kappa shape index (κ1) is 10.8. The molecule has 3 aromatic rings. The van der Waals surface area contributed by atoms with E-state index in [2.05, 4.69) is 20.1 Å². The standard InChI is InChI=1S/C11H9F2N5/c1-6(18-5-14-4-15-18)11-16-8-3-2-7(12)9(13)10(8)17-11/h2-6H,1H3,(H,16,17). The maximum atomic E-state index is 13.5. The first-order valence-corrected chi connectivity index (χ1v) is 5.34.